The van der Waals surface area contributed by atoms with Crippen molar-refractivity contribution in [2.24, 2.45) is 0 Å². The molecule has 2 aliphatic rings. The van der Waals surface area contributed by atoms with E-state index < -0.39 is 5.41 Å². The van der Waals surface area contributed by atoms with Gasteiger partial charge in [-0.15, -0.1) is 0 Å². The average molecular weight is 516 g/mol. The van der Waals surface area contributed by atoms with E-state index >= 15 is 0 Å². The number of likely N-dealkylation sites (N-methyl/N-ethyl adjacent to an activating group) is 1. The van der Waals surface area contributed by atoms with Crippen LogP contribution in [0.2, 0.25) is 5.02 Å². The number of methoxy groups -OCH3 is 1. The number of hydrogen-bond donors (Lipinski definition) is 1. The van der Waals surface area contributed by atoms with Gasteiger partial charge in [0.15, 0.2) is 0 Å². The Balaban J connectivity index is 1.43. The van der Waals surface area contributed by atoms with Crippen molar-refractivity contribution in [3.8, 4) is 23.1 Å². The number of rotatable bonds is 6. The number of aromatic nitrogens is 1. The van der Waals surface area contributed by atoms with E-state index in [-0.39, 0.29) is 11.9 Å². The predicted octanol–water partition coefficient (Wildman–Crippen LogP) is 4.25. The lowest BCUT2D eigenvalue weighted by atomic mass is 9.72. The van der Waals surface area contributed by atoms with Crippen LogP contribution in [0.4, 0.5) is 5.69 Å². The third-order valence-corrected chi connectivity index (χ3v) is 7.80. The van der Waals surface area contributed by atoms with Gasteiger partial charge in [0.1, 0.15) is 11.8 Å². The standard InChI is InChI=1S/C29H30ClN5O2/c1-34-18-23(19-34)33-28(36)29(11-13-35(14-12-29)26-10-8-22(30)15-20(26)16-31)21-7-9-25(32-17-21)24-5-3-4-6-27(24)37-2/h3-10,15,17,23H,11-14,18-19H2,1-2H3,(H,33,36). The highest BCUT2D eigenvalue weighted by molar-refractivity contribution is 6.30. The molecule has 1 N–H and O–H groups in total. The summed E-state index contributed by atoms with van der Waals surface area (Å²) < 4.78 is 5.51. The molecule has 0 saturated carbocycles. The fourth-order valence-electron chi connectivity index (χ4n) is 5.46. The third-order valence-electron chi connectivity index (χ3n) is 7.57. The number of pyridine rings is 1. The molecule has 8 heteroatoms. The number of ether oxygens (including phenoxy) is 1. The van der Waals surface area contributed by atoms with Crippen LogP contribution in [-0.2, 0) is 10.2 Å². The Kier molecular flexibility index (Phi) is 7.05. The largest absolute Gasteiger partial charge is 0.496 e. The Bertz CT molecular complexity index is 1320. The van der Waals surface area contributed by atoms with E-state index in [9.17, 15) is 10.1 Å². The Morgan fingerprint density at radius 3 is 2.57 bits per heavy atom. The minimum Gasteiger partial charge on any atom is -0.496 e. The van der Waals surface area contributed by atoms with Gasteiger partial charge in [-0.2, -0.15) is 5.26 Å². The molecular weight excluding hydrogens is 486 g/mol. The molecule has 2 saturated heterocycles. The molecular formula is C29H30ClN5O2. The van der Waals surface area contributed by atoms with Crippen molar-refractivity contribution in [1.82, 2.24) is 15.2 Å². The van der Waals surface area contributed by atoms with E-state index in [1.165, 1.54) is 0 Å². The summed E-state index contributed by atoms with van der Waals surface area (Å²) in [6.07, 6.45) is 3.07. The molecule has 5 rings (SSSR count). The van der Waals surface area contributed by atoms with Crippen LogP contribution in [0.15, 0.2) is 60.8 Å². The molecule has 0 unspecified atom stereocenters. The Labute approximate surface area is 222 Å². The number of benzene rings is 2. The molecule has 3 aromatic rings. The number of para-hydroxylation sites is 1. The van der Waals surface area contributed by atoms with Crippen molar-refractivity contribution in [2.75, 3.05) is 45.2 Å². The summed E-state index contributed by atoms with van der Waals surface area (Å²) in [5.74, 6) is 0.808. The fourth-order valence-corrected chi connectivity index (χ4v) is 5.63. The zero-order valence-electron chi connectivity index (χ0n) is 21.1. The first-order valence-electron chi connectivity index (χ1n) is 12.5. The number of halogens is 1. The number of hydrogen-bond acceptors (Lipinski definition) is 6. The zero-order chi connectivity index (χ0) is 26.0. The van der Waals surface area contributed by atoms with Crippen LogP contribution in [-0.4, -0.2) is 62.2 Å². The van der Waals surface area contributed by atoms with E-state index in [4.69, 9.17) is 21.3 Å². The van der Waals surface area contributed by atoms with Crippen LogP contribution in [0.3, 0.4) is 0 Å². The van der Waals surface area contributed by atoms with Gasteiger partial charge in [0.2, 0.25) is 5.91 Å². The molecule has 2 fully saturated rings. The third kappa shape index (κ3) is 4.87. The molecule has 0 aliphatic carbocycles. The summed E-state index contributed by atoms with van der Waals surface area (Å²) in [6, 6.07) is 19.6. The van der Waals surface area contributed by atoms with E-state index in [0.29, 0.717) is 36.5 Å². The van der Waals surface area contributed by atoms with Crippen molar-refractivity contribution >= 4 is 23.2 Å². The molecule has 0 radical (unpaired) electrons. The molecule has 0 bridgehead atoms. The maximum atomic E-state index is 13.8. The summed E-state index contributed by atoms with van der Waals surface area (Å²) in [7, 11) is 3.70. The summed E-state index contributed by atoms with van der Waals surface area (Å²) in [5, 5.41) is 13.5. The fraction of sp³-hybridized carbons (Fsp3) is 0.345. The zero-order valence-corrected chi connectivity index (χ0v) is 21.8. The van der Waals surface area contributed by atoms with Gasteiger partial charge in [0, 0.05) is 43.0 Å². The first kappa shape index (κ1) is 25.1. The first-order valence-corrected chi connectivity index (χ1v) is 12.9. The van der Waals surface area contributed by atoms with Crippen LogP contribution in [0.1, 0.15) is 24.0 Å². The minimum atomic E-state index is -0.698. The topological polar surface area (TPSA) is 81.5 Å². The maximum Gasteiger partial charge on any atom is 0.231 e. The van der Waals surface area contributed by atoms with E-state index in [1.807, 2.05) is 48.7 Å². The molecule has 1 amide bonds. The average Bonchev–Trinajstić information content (AvgIpc) is 2.92. The second kappa shape index (κ2) is 10.4. The molecule has 190 valence electrons. The summed E-state index contributed by atoms with van der Waals surface area (Å²) in [6.45, 7) is 3.00. The number of nitrogens with one attached hydrogen (secondary N) is 1. The highest BCUT2D eigenvalue weighted by atomic mass is 35.5. The van der Waals surface area contributed by atoms with Gasteiger partial charge >= 0.3 is 0 Å². The van der Waals surface area contributed by atoms with Crippen molar-refractivity contribution < 1.29 is 9.53 Å². The Hall–Kier alpha value is -3.60. The first-order chi connectivity index (χ1) is 17.9. The smallest absolute Gasteiger partial charge is 0.231 e. The van der Waals surface area contributed by atoms with Crippen molar-refractivity contribution in [2.45, 2.75) is 24.3 Å². The van der Waals surface area contributed by atoms with Crippen molar-refractivity contribution in [3.63, 3.8) is 0 Å². The molecule has 0 spiro atoms. The molecule has 2 aromatic carbocycles. The Morgan fingerprint density at radius 2 is 1.92 bits per heavy atom. The summed E-state index contributed by atoms with van der Waals surface area (Å²) in [5.41, 5.74) is 3.32. The number of piperidine rings is 1. The molecule has 37 heavy (non-hydrogen) atoms. The minimum absolute atomic E-state index is 0.0497. The number of nitrogens with zero attached hydrogens (tertiary/aromatic N) is 4. The summed E-state index contributed by atoms with van der Waals surface area (Å²) in [4.78, 5) is 23.0. The lowest BCUT2D eigenvalue weighted by Crippen LogP contribution is -2.62. The van der Waals surface area contributed by atoms with Crippen LogP contribution >= 0.6 is 11.6 Å². The highest BCUT2D eigenvalue weighted by Crippen LogP contribution is 2.39. The molecule has 0 atom stereocenters. The van der Waals surface area contributed by atoms with Crippen molar-refractivity contribution in [3.05, 3.63) is 76.9 Å². The maximum absolute atomic E-state index is 13.8. The number of likely N-dealkylation sites (tertiary alicyclic amines) is 1. The van der Waals surface area contributed by atoms with Crippen LogP contribution in [0.5, 0.6) is 5.75 Å². The van der Waals surface area contributed by atoms with Crippen LogP contribution < -0.4 is 15.0 Å². The van der Waals surface area contributed by atoms with E-state index in [0.717, 1.165) is 41.3 Å². The summed E-state index contributed by atoms with van der Waals surface area (Å²) >= 11 is 6.11. The number of carbonyl (C=O) groups is 1. The number of carbonyl (C=O) groups excluding carboxylic acids is 1. The number of amides is 1. The Morgan fingerprint density at radius 1 is 1.16 bits per heavy atom. The lowest BCUT2D eigenvalue weighted by molar-refractivity contribution is -0.129. The quantitative estimate of drug-likeness (QED) is 0.528. The van der Waals surface area contributed by atoms with Crippen LogP contribution in [0, 0.1) is 11.3 Å². The number of anilines is 1. The lowest BCUT2D eigenvalue weighted by Gasteiger charge is -2.44. The second-order valence-electron chi connectivity index (χ2n) is 9.87. The van der Waals surface area contributed by atoms with Gasteiger partial charge < -0.3 is 19.9 Å². The van der Waals surface area contributed by atoms with Gasteiger partial charge in [-0.05, 0) is 61.9 Å². The SMILES string of the molecule is COc1ccccc1-c1ccc(C2(C(=O)NC3CN(C)C3)CCN(c3ccc(Cl)cc3C#N)CC2)cn1. The van der Waals surface area contributed by atoms with Crippen molar-refractivity contribution in [1.29, 1.82) is 5.26 Å². The van der Waals surface area contributed by atoms with Crippen LogP contribution in [0.25, 0.3) is 11.3 Å². The highest BCUT2D eigenvalue weighted by Gasteiger charge is 2.45. The van der Waals surface area contributed by atoms with E-state index in [2.05, 4.69) is 28.2 Å². The van der Waals surface area contributed by atoms with E-state index in [1.54, 1.807) is 19.2 Å². The van der Waals surface area contributed by atoms with Gasteiger partial charge in [-0.1, -0.05) is 29.8 Å². The molecule has 3 heterocycles. The van der Waals surface area contributed by atoms with Gasteiger partial charge in [0.25, 0.3) is 0 Å². The van der Waals surface area contributed by atoms with Gasteiger partial charge in [-0.25, -0.2) is 0 Å². The molecule has 1 aromatic heterocycles. The second-order valence-corrected chi connectivity index (χ2v) is 10.3. The number of nitriles is 1. The van der Waals surface area contributed by atoms with Gasteiger partial charge in [0.05, 0.1) is 35.5 Å². The molecule has 2 aliphatic heterocycles. The molecule has 7 nitrogen and oxygen atoms in total. The normalized spacial score (nSPS) is 17.5. The predicted molar refractivity (Wildman–Crippen MR) is 145 cm³/mol. The van der Waals surface area contributed by atoms with Gasteiger partial charge in [-0.3, -0.25) is 9.78 Å². The monoisotopic (exact) mass is 515 g/mol.